The average Bonchev–Trinajstić information content (AvgIpc) is 2.25. The number of nitrogens with two attached hydrogens (primary N) is 2. The summed E-state index contributed by atoms with van der Waals surface area (Å²) >= 11 is 0. The van der Waals surface area contributed by atoms with Gasteiger partial charge in [-0.15, -0.1) is 0 Å². The van der Waals surface area contributed by atoms with Crippen LogP contribution in [0.3, 0.4) is 0 Å². The van der Waals surface area contributed by atoms with E-state index in [1.165, 1.54) is 0 Å². The number of phenols is 2. The van der Waals surface area contributed by atoms with Crippen LogP contribution in [-0.2, 0) is 20.0 Å². The first-order valence-electron chi connectivity index (χ1n) is 5.05. The fourth-order valence-electron chi connectivity index (χ4n) is 1.75. The summed E-state index contributed by atoms with van der Waals surface area (Å²) in [5, 5.41) is 29.2. The number of phenolic OH excluding ortho intramolecular Hbond substituents is 2. The van der Waals surface area contributed by atoms with Gasteiger partial charge in [0.15, 0.2) is 0 Å². The van der Waals surface area contributed by atoms with Gasteiger partial charge in [-0.25, -0.2) is 27.1 Å². The largest absolute Gasteiger partial charge is 0.507 e. The van der Waals surface area contributed by atoms with E-state index >= 15 is 0 Å². The second-order valence-electron chi connectivity index (χ2n) is 4.07. The maximum atomic E-state index is 11.3. The molecule has 0 unspecified atom stereocenters. The third kappa shape index (κ3) is 2.54. The Morgan fingerprint density at radius 2 is 1.10 bits per heavy atom. The van der Waals surface area contributed by atoms with Crippen LogP contribution in [0.2, 0.25) is 0 Å². The normalized spacial score (nSPS) is 12.7. The molecule has 20 heavy (non-hydrogen) atoms. The molecule has 0 saturated carbocycles. The number of hydrogen-bond acceptors (Lipinski definition) is 6. The highest BCUT2D eigenvalue weighted by molar-refractivity contribution is 7.89. The van der Waals surface area contributed by atoms with E-state index in [1.807, 2.05) is 0 Å². The Hall–Kier alpha value is -1.88. The van der Waals surface area contributed by atoms with Gasteiger partial charge in [-0.1, -0.05) is 0 Å². The third-order valence-corrected chi connectivity index (χ3v) is 4.40. The SMILES string of the molecule is NS(=O)(=O)c1cc(O)c2c(O)cc(S(N)(=O)=O)cc2c1. The van der Waals surface area contributed by atoms with E-state index in [0.29, 0.717) is 0 Å². The topological polar surface area (TPSA) is 161 Å². The summed E-state index contributed by atoms with van der Waals surface area (Å²) in [6, 6.07) is 3.76. The van der Waals surface area contributed by atoms with Gasteiger partial charge in [-0.3, -0.25) is 0 Å². The summed E-state index contributed by atoms with van der Waals surface area (Å²) in [7, 11) is -8.20. The lowest BCUT2D eigenvalue weighted by Gasteiger charge is -2.08. The molecule has 2 rings (SSSR count). The van der Waals surface area contributed by atoms with Crippen molar-refractivity contribution < 1.29 is 27.0 Å². The fraction of sp³-hybridized carbons (Fsp3) is 0. The van der Waals surface area contributed by atoms with E-state index in [0.717, 1.165) is 24.3 Å². The summed E-state index contributed by atoms with van der Waals surface area (Å²) < 4.78 is 45.0. The molecule has 10 heteroatoms. The molecule has 0 bridgehead atoms. The standard InChI is InChI=1S/C10H10N2O6S2/c11-19(15,16)6-1-5-2-7(20(12,17)18)4-9(14)10(5)8(13)3-6/h1-4,13-14H,(H2,11,15,16)(H2,12,17,18). The highest BCUT2D eigenvalue weighted by atomic mass is 32.2. The van der Waals surface area contributed by atoms with Gasteiger partial charge in [0.25, 0.3) is 0 Å². The molecule has 2 aromatic rings. The molecule has 6 N–H and O–H groups in total. The van der Waals surface area contributed by atoms with Gasteiger partial charge >= 0.3 is 0 Å². The minimum atomic E-state index is -4.10. The molecule has 0 fully saturated rings. The Kier molecular flexibility index (Phi) is 3.13. The van der Waals surface area contributed by atoms with Gasteiger partial charge in [0.2, 0.25) is 20.0 Å². The first-order valence-corrected chi connectivity index (χ1v) is 8.15. The van der Waals surface area contributed by atoms with Crippen LogP contribution >= 0.6 is 0 Å². The van der Waals surface area contributed by atoms with Crippen LogP contribution in [0.5, 0.6) is 11.5 Å². The molecule has 2 aromatic carbocycles. The van der Waals surface area contributed by atoms with Gasteiger partial charge in [0.05, 0.1) is 15.2 Å². The highest BCUT2D eigenvalue weighted by Gasteiger charge is 2.17. The average molecular weight is 318 g/mol. The summed E-state index contributed by atoms with van der Waals surface area (Å²) in [4.78, 5) is -0.845. The molecule has 0 saturated heterocycles. The first-order chi connectivity index (χ1) is 9.00. The number of rotatable bonds is 2. The van der Waals surface area contributed by atoms with Crippen LogP contribution in [0.4, 0.5) is 0 Å². The number of fused-ring (bicyclic) bond motifs is 1. The van der Waals surface area contributed by atoms with Crippen molar-refractivity contribution in [3.8, 4) is 11.5 Å². The Balaban J connectivity index is 2.95. The molecular weight excluding hydrogens is 308 g/mol. The van der Waals surface area contributed by atoms with Crippen LogP contribution in [-0.4, -0.2) is 27.0 Å². The monoisotopic (exact) mass is 318 g/mol. The molecular formula is C10H10N2O6S2. The van der Waals surface area contributed by atoms with Crippen molar-refractivity contribution in [2.24, 2.45) is 10.3 Å². The lowest BCUT2D eigenvalue weighted by atomic mass is 10.1. The summed E-state index contributed by atoms with van der Waals surface area (Å²) in [5.74, 6) is -1.10. The maximum Gasteiger partial charge on any atom is 0.238 e. The van der Waals surface area contributed by atoms with Gasteiger partial charge in [-0.05, 0) is 17.5 Å². The Labute approximate surface area is 114 Å². The zero-order chi connectivity index (χ0) is 15.3. The Bertz CT molecular complexity index is 846. The fourth-order valence-corrected chi connectivity index (χ4v) is 2.88. The minimum Gasteiger partial charge on any atom is -0.507 e. The van der Waals surface area contributed by atoms with Crippen LogP contribution in [0, 0.1) is 0 Å². The van der Waals surface area contributed by atoms with E-state index in [9.17, 15) is 27.0 Å². The molecule has 0 aliphatic rings. The van der Waals surface area contributed by atoms with E-state index in [2.05, 4.69) is 0 Å². The second-order valence-corrected chi connectivity index (χ2v) is 7.20. The number of aromatic hydroxyl groups is 2. The molecule has 8 nitrogen and oxygen atoms in total. The van der Waals surface area contributed by atoms with E-state index in [4.69, 9.17) is 10.3 Å². The van der Waals surface area contributed by atoms with E-state index in [-0.39, 0.29) is 10.8 Å². The predicted octanol–water partition coefficient (Wildman–Crippen LogP) is -0.454. The van der Waals surface area contributed by atoms with Crippen molar-refractivity contribution in [3.05, 3.63) is 24.3 Å². The molecule has 0 heterocycles. The van der Waals surface area contributed by atoms with E-state index < -0.39 is 41.3 Å². The molecule has 108 valence electrons. The molecule has 0 aliphatic carbocycles. The number of benzene rings is 2. The van der Waals surface area contributed by atoms with Crippen LogP contribution < -0.4 is 10.3 Å². The first kappa shape index (κ1) is 14.5. The second kappa shape index (κ2) is 4.31. The molecule has 0 aliphatic heterocycles. The number of hydrogen-bond donors (Lipinski definition) is 4. The van der Waals surface area contributed by atoms with Gasteiger partial charge in [0.1, 0.15) is 11.5 Å². The predicted molar refractivity (Wildman–Crippen MR) is 70.0 cm³/mol. The van der Waals surface area contributed by atoms with Crippen molar-refractivity contribution in [1.82, 2.24) is 0 Å². The zero-order valence-electron chi connectivity index (χ0n) is 9.81. The third-order valence-electron chi connectivity index (χ3n) is 2.61. The molecule has 0 amide bonds. The smallest absolute Gasteiger partial charge is 0.238 e. The molecule has 0 atom stereocenters. The minimum absolute atomic E-state index is 0.0296. The Morgan fingerprint density at radius 3 is 1.40 bits per heavy atom. The van der Waals surface area contributed by atoms with Crippen LogP contribution in [0.1, 0.15) is 0 Å². The van der Waals surface area contributed by atoms with Crippen molar-refractivity contribution in [2.75, 3.05) is 0 Å². The number of sulfonamides is 2. The lowest BCUT2D eigenvalue weighted by Crippen LogP contribution is -2.13. The van der Waals surface area contributed by atoms with Crippen molar-refractivity contribution >= 4 is 30.8 Å². The summed E-state index contributed by atoms with van der Waals surface area (Å²) in [6.07, 6.45) is 0. The molecule has 0 spiro atoms. The maximum absolute atomic E-state index is 11.3. The van der Waals surface area contributed by atoms with Gasteiger partial charge < -0.3 is 10.2 Å². The lowest BCUT2D eigenvalue weighted by molar-refractivity contribution is 0.461. The Morgan fingerprint density at radius 1 is 0.750 bits per heavy atom. The van der Waals surface area contributed by atoms with Gasteiger partial charge in [0, 0.05) is 12.1 Å². The number of primary sulfonamides is 2. The zero-order valence-corrected chi connectivity index (χ0v) is 11.4. The summed E-state index contributed by atoms with van der Waals surface area (Å²) in [6.45, 7) is 0. The molecule has 0 aromatic heterocycles. The van der Waals surface area contributed by atoms with Crippen molar-refractivity contribution in [1.29, 1.82) is 0 Å². The molecule has 0 radical (unpaired) electrons. The van der Waals surface area contributed by atoms with Crippen molar-refractivity contribution in [2.45, 2.75) is 9.79 Å². The van der Waals surface area contributed by atoms with Crippen LogP contribution in [0.25, 0.3) is 10.8 Å². The van der Waals surface area contributed by atoms with Crippen molar-refractivity contribution in [3.63, 3.8) is 0 Å². The van der Waals surface area contributed by atoms with Crippen LogP contribution in [0.15, 0.2) is 34.1 Å². The quantitative estimate of drug-likeness (QED) is 0.586. The van der Waals surface area contributed by atoms with Gasteiger partial charge in [-0.2, -0.15) is 0 Å². The van der Waals surface area contributed by atoms with E-state index in [1.54, 1.807) is 0 Å². The highest BCUT2D eigenvalue weighted by Crippen LogP contribution is 2.36. The summed E-state index contributed by atoms with van der Waals surface area (Å²) in [5.41, 5.74) is 0.